The molecule has 0 aliphatic rings. The van der Waals surface area contributed by atoms with Crippen molar-refractivity contribution in [3.8, 4) is 11.5 Å². The number of benzene rings is 3. The van der Waals surface area contributed by atoms with Crippen LogP contribution in [-0.2, 0) is 6.61 Å². The van der Waals surface area contributed by atoms with E-state index in [2.05, 4.69) is 10.5 Å². The largest absolute Gasteiger partial charge is 0.497 e. The average Bonchev–Trinajstić information content (AvgIpc) is 2.77. The number of rotatable bonds is 7. The van der Waals surface area contributed by atoms with Crippen LogP contribution in [0, 0.1) is 0 Å². The summed E-state index contributed by atoms with van der Waals surface area (Å²) in [5, 5.41) is 4.88. The summed E-state index contributed by atoms with van der Waals surface area (Å²) in [4.78, 5) is 12.2. The second kappa shape index (κ2) is 9.75. The first-order chi connectivity index (χ1) is 14.0. The number of hydrogen-bond acceptors (Lipinski definition) is 4. The van der Waals surface area contributed by atoms with Crippen LogP contribution in [0.2, 0.25) is 5.02 Å². The molecule has 0 bridgehead atoms. The third kappa shape index (κ3) is 5.83. The Morgan fingerprint density at radius 2 is 1.48 bits per heavy atom. The molecule has 148 valence electrons. The Bertz CT molecular complexity index is 982. The van der Waals surface area contributed by atoms with E-state index < -0.39 is 0 Å². The summed E-state index contributed by atoms with van der Waals surface area (Å²) in [5.74, 6) is 1.16. The molecule has 6 heteroatoms. The minimum Gasteiger partial charge on any atom is -0.497 e. The summed E-state index contributed by atoms with van der Waals surface area (Å²) < 4.78 is 10.9. The molecule has 0 saturated heterocycles. The second-order valence-electron chi connectivity index (χ2n) is 6.31. The van der Waals surface area contributed by atoms with Crippen molar-refractivity contribution in [2.24, 2.45) is 5.10 Å². The Kier molecular flexibility index (Phi) is 6.87. The van der Waals surface area contributed by atoms with Gasteiger partial charge in [0.2, 0.25) is 0 Å². The number of hydrogen-bond donors (Lipinski definition) is 1. The van der Waals surface area contributed by atoms with Gasteiger partial charge in [0.25, 0.3) is 5.91 Å². The summed E-state index contributed by atoms with van der Waals surface area (Å²) in [6, 6.07) is 21.9. The third-order valence-electron chi connectivity index (χ3n) is 4.27. The molecule has 0 radical (unpaired) electrons. The van der Waals surface area contributed by atoms with E-state index in [0.717, 1.165) is 16.9 Å². The normalized spacial score (nSPS) is 11.1. The maximum Gasteiger partial charge on any atom is 0.271 e. The average molecular weight is 409 g/mol. The Morgan fingerprint density at radius 1 is 0.897 bits per heavy atom. The maximum atomic E-state index is 12.2. The van der Waals surface area contributed by atoms with Crippen molar-refractivity contribution in [1.82, 2.24) is 5.43 Å². The van der Waals surface area contributed by atoms with Gasteiger partial charge in [0.15, 0.2) is 0 Å². The van der Waals surface area contributed by atoms with Crippen LogP contribution in [0.15, 0.2) is 77.9 Å². The zero-order chi connectivity index (χ0) is 20.6. The van der Waals surface area contributed by atoms with Gasteiger partial charge < -0.3 is 9.47 Å². The lowest BCUT2D eigenvalue weighted by atomic mass is 10.1. The van der Waals surface area contributed by atoms with E-state index in [1.807, 2.05) is 55.5 Å². The Balaban J connectivity index is 1.56. The molecular weight excluding hydrogens is 388 g/mol. The summed E-state index contributed by atoms with van der Waals surface area (Å²) in [6.45, 7) is 2.29. The van der Waals surface area contributed by atoms with Crippen LogP contribution in [0.25, 0.3) is 0 Å². The Hall–Kier alpha value is -3.31. The number of carbonyl (C=O) groups is 1. The molecule has 0 atom stereocenters. The topological polar surface area (TPSA) is 59.9 Å². The number of carbonyl (C=O) groups excluding carboxylic acids is 1. The monoisotopic (exact) mass is 408 g/mol. The zero-order valence-corrected chi connectivity index (χ0v) is 16.9. The van der Waals surface area contributed by atoms with Crippen LogP contribution in [0.4, 0.5) is 0 Å². The van der Waals surface area contributed by atoms with E-state index in [1.54, 1.807) is 31.4 Å². The van der Waals surface area contributed by atoms with Gasteiger partial charge in [-0.1, -0.05) is 23.7 Å². The van der Waals surface area contributed by atoms with Gasteiger partial charge in [-0.25, -0.2) is 5.43 Å². The predicted octanol–water partition coefficient (Wildman–Crippen LogP) is 5.08. The first-order valence-electron chi connectivity index (χ1n) is 9.01. The van der Waals surface area contributed by atoms with Crippen LogP contribution < -0.4 is 14.9 Å². The van der Waals surface area contributed by atoms with Gasteiger partial charge >= 0.3 is 0 Å². The van der Waals surface area contributed by atoms with Crippen molar-refractivity contribution in [3.63, 3.8) is 0 Å². The number of amides is 1. The van der Waals surface area contributed by atoms with Crippen molar-refractivity contribution < 1.29 is 14.3 Å². The minimum absolute atomic E-state index is 0.282. The van der Waals surface area contributed by atoms with Crippen molar-refractivity contribution in [2.75, 3.05) is 7.11 Å². The van der Waals surface area contributed by atoms with Crippen molar-refractivity contribution in [3.05, 3.63) is 94.5 Å². The van der Waals surface area contributed by atoms with E-state index in [0.29, 0.717) is 28.7 Å². The van der Waals surface area contributed by atoms with Crippen LogP contribution in [-0.4, -0.2) is 18.7 Å². The lowest BCUT2D eigenvalue weighted by molar-refractivity contribution is 0.0955. The van der Waals surface area contributed by atoms with Gasteiger partial charge in [0.05, 0.1) is 12.8 Å². The van der Waals surface area contributed by atoms with Crippen LogP contribution in [0.1, 0.15) is 28.4 Å². The minimum atomic E-state index is -0.282. The number of hydrazone groups is 1. The fraction of sp³-hybridized carbons (Fsp3) is 0.130. The number of nitrogens with one attached hydrogen (secondary N) is 1. The molecule has 3 aromatic rings. The summed E-state index contributed by atoms with van der Waals surface area (Å²) in [7, 11) is 1.58. The molecule has 3 rings (SSSR count). The number of halogens is 1. The molecule has 0 fully saturated rings. The van der Waals surface area contributed by atoms with Gasteiger partial charge in [0.1, 0.15) is 18.1 Å². The molecule has 0 saturated carbocycles. The van der Waals surface area contributed by atoms with Gasteiger partial charge in [-0.2, -0.15) is 5.10 Å². The fourth-order valence-corrected chi connectivity index (χ4v) is 2.67. The van der Waals surface area contributed by atoms with Crippen LogP contribution >= 0.6 is 11.6 Å². The standard InChI is InChI=1S/C23H21ClN2O3/c1-16(25-26-23(27)19-7-11-21(28-2)12-8-19)18-5-13-22(14-6-18)29-15-17-3-9-20(24)10-4-17/h3-14H,15H2,1-2H3,(H,26,27)/b25-16-. The number of nitrogens with zero attached hydrogens (tertiary/aromatic N) is 1. The first-order valence-corrected chi connectivity index (χ1v) is 9.39. The first kappa shape index (κ1) is 20.4. The number of ether oxygens (including phenoxy) is 2. The lowest BCUT2D eigenvalue weighted by Gasteiger charge is -2.08. The highest BCUT2D eigenvalue weighted by molar-refractivity contribution is 6.30. The molecule has 29 heavy (non-hydrogen) atoms. The Labute approximate surface area is 174 Å². The molecule has 3 aromatic carbocycles. The highest BCUT2D eigenvalue weighted by Crippen LogP contribution is 2.16. The Morgan fingerprint density at radius 3 is 2.10 bits per heavy atom. The van der Waals surface area contributed by atoms with Crippen molar-refractivity contribution >= 4 is 23.2 Å². The SMILES string of the molecule is COc1ccc(C(=O)N/N=C(/C)c2ccc(OCc3ccc(Cl)cc3)cc2)cc1. The van der Waals surface area contributed by atoms with Crippen molar-refractivity contribution in [2.45, 2.75) is 13.5 Å². The van der Waals surface area contributed by atoms with E-state index in [9.17, 15) is 4.79 Å². The van der Waals surface area contributed by atoms with Gasteiger partial charge in [-0.05, 0) is 78.7 Å². The van der Waals surface area contributed by atoms with Gasteiger partial charge in [-0.3, -0.25) is 4.79 Å². The lowest BCUT2D eigenvalue weighted by Crippen LogP contribution is -2.19. The van der Waals surface area contributed by atoms with Gasteiger partial charge in [0, 0.05) is 10.6 Å². The van der Waals surface area contributed by atoms with Crippen molar-refractivity contribution in [1.29, 1.82) is 0 Å². The quantitative estimate of drug-likeness (QED) is 0.438. The van der Waals surface area contributed by atoms with E-state index in [4.69, 9.17) is 21.1 Å². The van der Waals surface area contributed by atoms with E-state index in [-0.39, 0.29) is 5.91 Å². The molecule has 0 aliphatic heterocycles. The molecule has 1 amide bonds. The fourth-order valence-electron chi connectivity index (χ4n) is 2.55. The molecular formula is C23H21ClN2O3. The van der Waals surface area contributed by atoms with Crippen LogP contribution in [0.5, 0.6) is 11.5 Å². The predicted molar refractivity (Wildman–Crippen MR) is 115 cm³/mol. The molecule has 0 spiro atoms. The van der Waals surface area contributed by atoms with E-state index >= 15 is 0 Å². The van der Waals surface area contributed by atoms with E-state index in [1.165, 1.54) is 0 Å². The second-order valence-corrected chi connectivity index (χ2v) is 6.74. The highest BCUT2D eigenvalue weighted by Gasteiger charge is 2.06. The van der Waals surface area contributed by atoms with Crippen LogP contribution in [0.3, 0.4) is 0 Å². The summed E-state index contributed by atoms with van der Waals surface area (Å²) in [5.41, 5.74) is 5.69. The highest BCUT2D eigenvalue weighted by atomic mass is 35.5. The molecule has 0 aliphatic carbocycles. The number of methoxy groups -OCH3 is 1. The molecule has 0 unspecified atom stereocenters. The molecule has 5 nitrogen and oxygen atoms in total. The molecule has 0 aromatic heterocycles. The van der Waals surface area contributed by atoms with Gasteiger partial charge in [-0.15, -0.1) is 0 Å². The molecule has 1 N–H and O–H groups in total. The zero-order valence-electron chi connectivity index (χ0n) is 16.2. The smallest absolute Gasteiger partial charge is 0.271 e. The third-order valence-corrected chi connectivity index (χ3v) is 4.52. The maximum absolute atomic E-state index is 12.2. The molecule has 0 heterocycles. The summed E-state index contributed by atoms with van der Waals surface area (Å²) >= 11 is 5.88. The summed E-state index contributed by atoms with van der Waals surface area (Å²) in [6.07, 6.45) is 0.